The van der Waals surface area contributed by atoms with Gasteiger partial charge in [0.2, 0.25) is 5.58 Å². The molecule has 0 spiro atoms. The third-order valence-electron chi connectivity index (χ3n) is 3.64. The highest BCUT2D eigenvalue weighted by Crippen LogP contribution is 2.27. The zero-order valence-electron chi connectivity index (χ0n) is 12.3. The van der Waals surface area contributed by atoms with Gasteiger partial charge in [0.25, 0.3) is 5.56 Å². The second-order valence-corrected chi connectivity index (χ2v) is 6.21. The standard InChI is InChI=1S/C17H11BrFN3O2/c18-9-1-6-13-12(7-9)15-16(24-13)17(23)22-14(21-15)8-20-11-4-2-10(19)3-5-11/h1-7,20H,8H2,(H,21,22,23). The summed E-state index contributed by atoms with van der Waals surface area (Å²) in [4.78, 5) is 19.4. The number of fused-ring (bicyclic) bond motifs is 3. The van der Waals surface area contributed by atoms with E-state index in [1.807, 2.05) is 12.1 Å². The molecule has 2 N–H and O–H groups in total. The highest BCUT2D eigenvalue weighted by atomic mass is 79.9. The van der Waals surface area contributed by atoms with Crippen molar-refractivity contribution in [2.45, 2.75) is 6.54 Å². The van der Waals surface area contributed by atoms with Crippen LogP contribution in [0, 0.1) is 5.82 Å². The summed E-state index contributed by atoms with van der Waals surface area (Å²) in [7, 11) is 0. The largest absolute Gasteiger partial charge is 0.449 e. The van der Waals surface area contributed by atoms with E-state index in [2.05, 4.69) is 31.2 Å². The van der Waals surface area contributed by atoms with E-state index in [1.165, 1.54) is 12.1 Å². The molecule has 0 atom stereocenters. The minimum absolute atomic E-state index is 0.202. The van der Waals surface area contributed by atoms with Crippen molar-refractivity contribution < 1.29 is 8.81 Å². The third kappa shape index (κ3) is 2.67. The van der Waals surface area contributed by atoms with Gasteiger partial charge in [0, 0.05) is 15.5 Å². The van der Waals surface area contributed by atoms with Gasteiger partial charge in [0.05, 0.1) is 6.54 Å². The molecule has 0 unspecified atom stereocenters. The lowest BCUT2D eigenvalue weighted by atomic mass is 10.2. The fourth-order valence-corrected chi connectivity index (χ4v) is 2.87. The van der Waals surface area contributed by atoms with E-state index in [4.69, 9.17) is 4.42 Å². The minimum Gasteiger partial charge on any atom is -0.449 e. The quantitative estimate of drug-likeness (QED) is 0.552. The van der Waals surface area contributed by atoms with Crippen molar-refractivity contribution >= 4 is 43.7 Å². The van der Waals surface area contributed by atoms with Crippen LogP contribution in [-0.2, 0) is 6.54 Å². The van der Waals surface area contributed by atoms with E-state index in [9.17, 15) is 9.18 Å². The molecule has 4 rings (SSSR count). The van der Waals surface area contributed by atoms with E-state index in [1.54, 1.807) is 18.2 Å². The maximum absolute atomic E-state index is 12.9. The van der Waals surface area contributed by atoms with Crippen molar-refractivity contribution in [1.82, 2.24) is 9.97 Å². The lowest BCUT2D eigenvalue weighted by molar-refractivity contribution is 0.628. The molecule has 7 heteroatoms. The van der Waals surface area contributed by atoms with Crippen LogP contribution >= 0.6 is 15.9 Å². The molecule has 24 heavy (non-hydrogen) atoms. The Morgan fingerprint density at radius 1 is 1.21 bits per heavy atom. The molecule has 0 aliphatic rings. The Bertz CT molecular complexity index is 1100. The first-order chi connectivity index (χ1) is 11.6. The Morgan fingerprint density at radius 3 is 2.79 bits per heavy atom. The lowest BCUT2D eigenvalue weighted by Gasteiger charge is -2.05. The van der Waals surface area contributed by atoms with E-state index < -0.39 is 0 Å². The summed E-state index contributed by atoms with van der Waals surface area (Å²) in [6.07, 6.45) is 0. The van der Waals surface area contributed by atoms with Gasteiger partial charge in [0.1, 0.15) is 22.7 Å². The van der Waals surface area contributed by atoms with Crippen molar-refractivity contribution in [2.75, 3.05) is 5.32 Å². The van der Waals surface area contributed by atoms with Crippen molar-refractivity contribution in [2.24, 2.45) is 0 Å². The SMILES string of the molecule is O=c1[nH]c(CNc2ccc(F)cc2)nc2c1oc1ccc(Br)cc12. The van der Waals surface area contributed by atoms with Gasteiger partial charge < -0.3 is 14.7 Å². The summed E-state index contributed by atoms with van der Waals surface area (Å²) in [6.45, 7) is 0.303. The van der Waals surface area contributed by atoms with Crippen molar-refractivity contribution in [3.63, 3.8) is 0 Å². The number of aromatic nitrogens is 2. The smallest absolute Gasteiger partial charge is 0.294 e. The number of aromatic amines is 1. The minimum atomic E-state index is -0.330. The molecule has 2 aromatic heterocycles. The number of anilines is 1. The topological polar surface area (TPSA) is 70.9 Å². The number of halogens is 2. The van der Waals surface area contributed by atoms with Crippen LogP contribution < -0.4 is 10.9 Å². The predicted molar refractivity (Wildman–Crippen MR) is 93.6 cm³/mol. The summed E-state index contributed by atoms with van der Waals surface area (Å²) in [5.41, 5.74) is 1.73. The predicted octanol–water partition coefficient (Wildman–Crippen LogP) is 4.18. The molecule has 0 saturated heterocycles. The first-order valence-electron chi connectivity index (χ1n) is 7.20. The molecule has 0 radical (unpaired) electrons. The van der Waals surface area contributed by atoms with Gasteiger partial charge in [-0.25, -0.2) is 9.37 Å². The molecule has 120 valence electrons. The first-order valence-corrected chi connectivity index (χ1v) is 8.00. The molecular formula is C17H11BrFN3O2. The molecule has 0 amide bonds. The van der Waals surface area contributed by atoms with Crippen LogP contribution in [0.4, 0.5) is 10.1 Å². The van der Waals surface area contributed by atoms with Crippen LogP contribution in [0.1, 0.15) is 5.82 Å². The molecule has 2 heterocycles. The number of nitrogens with one attached hydrogen (secondary N) is 2. The molecule has 2 aromatic carbocycles. The van der Waals surface area contributed by atoms with Crippen LogP contribution in [0.25, 0.3) is 22.1 Å². The molecule has 0 saturated carbocycles. The van der Waals surface area contributed by atoms with Gasteiger partial charge in [-0.15, -0.1) is 0 Å². The van der Waals surface area contributed by atoms with Gasteiger partial charge in [-0.3, -0.25) is 4.79 Å². The fraction of sp³-hybridized carbons (Fsp3) is 0.0588. The number of rotatable bonds is 3. The fourth-order valence-electron chi connectivity index (χ4n) is 2.51. The van der Waals surface area contributed by atoms with Crippen LogP contribution in [0.5, 0.6) is 0 Å². The van der Waals surface area contributed by atoms with E-state index in [0.717, 1.165) is 15.5 Å². The van der Waals surface area contributed by atoms with Crippen LogP contribution in [0.3, 0.4) is 0 Å². The Labute approximate surface area is 143 Å². The summed E-state index contributed by atoms with van der Waals surface area (Å²) in [5.74, 6) is 0.170. The maximum Gasteiger partial charge on any atom is 0.294 e. The van der Waals surface area contributed by atoms with Crippen molar-refractivity contribution in [1.29, 1.82) is 0 Å². The molecule has 0 bridgehead atoms. The van der Waals surface area contributed by atoms with E-state index in [0.29, 0.717) is 23.5 Å². The van der Waals surface area contributed by atoms with E-state index in [-0.39, 0.29) is 17.0 Å². The van der Waals surface area contributed by atoms with Crippen LogP contribution in [-0.4, -0.2) is 9.97 Å². The first kappa shape index (κ1) is 14.9. The second-order valence-electron chi connectivity index (χ2n) is 5.29. The molecular weight excluding hydrogens is 377 g/mol. The maximum atomic E-state index is 12.9. The van der Waals surface area contributed by atoms with E-state index >= 15 is 0 Å². The molecule has 0 aliphatic carbocycles. The van der Waals surface area contributed by atoms with Gasteiger partial charge in [-0.2, -0.15) is 0 Å². The summed E-state index contributed by atoms with van der Waals surface area (Å²) < 4.78 is 19.4. The Kier molecular flexibility index (Phi) is 3.57. The van der Waals surface area contributed by atoms with Gasteiger partial charge in [0.15, 0.2) is 0 Å². The van der Waals surface area contributed by atoms with Crippen LogP contribution in [0.2, 0.25) is 0 Å². The van der Waals surface area contributed by atoms with Gasteiger partial charge in [-0.1, -0.05) is 15.9 Å². The second kappa shape index (κ2) is 5.76. The normalized spacial score (nSPS) is 11.2. The Hall–Kier alpha value is -2.67. The average Bonchev–Trinajstić information content (AvgIpc) is 2.93. The number of hydrogen-bond donors (Lipinski definition) is 2. The molecule has 4 aromatic rings. The van der Waals surface area contributed by atoms with Crippen molar-refractivity contribution in [3.8, 4) is 0 Å². The third-order valence-corrected chi connectivity index (χ3v) is 4.13. The summed E-state index contributed by atoms with van der Waals surface area (Å²) >= 11 is 3.41. The molecule has 0 aliphatic heterocycles. The van der Waals surface area contributed by atoms with Crippen LogP contribution in [0.15, 0.2) is 56.1 Å². The number of benzene rings is 2. The molecule has 5 nitrogen and oxygen atoms in total. The van der Waals surface area contributed by atoms with Gasteiger partial charge >= 0.3 is 0 Å². The van der Waals surface area contributed by atoms with Crippen molar-refractivity contribution in [3.05, 3.63) is 68.9 Å². The number of hydrogen-bond acceptors (Lipinski definition) is 4. The number of nitrogens with zero attached hydrogens (tertiary/aromatic N) is 1. The Balaban J connectivity index is 1.73. The number of furan rings is 1. The summed E-state index contributed by atoms with van der Waals surface area (Å²) in [6, 6.07) is 11.5. The van der Waals surface area contributed by atoms with Gasteiger partial charge in [-0.05, 0) is 42.5 Å². The Morgan fingerprint density at radius 2 is 2.00 bits per heavy atom. The average molecular weight is 388 g/mol. The monoisotopic (exact) mass is 387 g/mol. The zero-order valence-corrected chi connectivity index (χ0v) is 13.9. The lowest BCUT2D eigenvalue weighted by Crippen LogP contribution is -2.13. The highest BCUT2D eigenvalue weighted by Gasteiger charge is 2.13. The summed E-state index contributed by atoms with van der Waals surface area (Å²) in [5, 5.41) is 3.86. The molecule has 0 fully saturated rings. The number of H-pyrrole nitrogens is 1. The zero-order chi connectivity index (χ0) is 16.7. The highest BCUT2D eigenvalue weighted by molar-refractivity contribution is 9.10.